The van der Waals surface area contributed by atoms with Crippen molar-refractivity contribution >= 4 is 44.1 Å². The summed E-state index contributed by atoms with van der Waals surface area (Å²) in [5.41, 5.74) is 0.0177. The molecule has 2 aromatic heterocycles. The number of H-pyrrole nitrogens is 1. The van der Waals surface area contributed by atoms with E-state index >= 15 is 0 Å². The molecule has 33 heavy (non-hydrogen) atoms. The lowest BCUT2D eigenvalue weighted by Gasteiger charge is -2.25. The molecule has 0 aliphatic carbocycles. The molecule has 10 heteroatoms. The van der Waals surface area contributed by atoms with Gasteiger partial charge in [-0.25, -0.2) is 17.5 Å². The molecule has 0 bridgehead atoms. The van der Waals surface area contributed by atoms with E-state index in [1.54, 1.807) is 62.8 Å². The lowest BCUT2D eigenvalue weighted by atomic mass is 9.95. The van der Waals surface area contributed by atoms with E-state index in [9.17, 15) is 17.9 Å². The largest absolute Gasteiger partial charge is 0.384 e. The van der Waals surface area contributed by atoms with Gasteiger partial charge in [0.05, 0.1) is 4.90 Å². The van der Waals surface area contributed by atoms with Gasteiger partial charge in [0.2, 0.25) is 10.0 Å². The lowest BCUT2D eigenvalue weighted by molar-refractivity contribution is 0.0583. The van der Waals surface area contributed by atoms with Crippen LogP contribution in [-0.2, 0) is 15.6 Å². The number of aromatic amines is 1. The Bertz CT molecular complexity index is 1370. The van der Waals surface area contributed by atoms with E-state index in [2.05, 4.69) is 20.0 Å². The van der Waals surface area contributed by atoms with Crippen LogP contribution in [0.3, 0.4) is 0 Å². The SMILES string of the molecule is C[C@H](CNCC(C)(O)c1c[nH]c2ccc(F)cc12)NS(=O)(=O)c1ccc2cnccc2c1.Cl. The van der Waals surface area contributed by atoms with Crippen molar-refractivity contribution in [1.82, 2.24) is 20.0 Å². The molecule has 4 aromatic rings. The maximum absolute atomic E-state index is 13.6. The summed E-state index contributed by atoms with van der Waals surface area (Å²) < 4.78 is 41.8. The molecule has 0 saturated heterocycles. The van der Waals surface area contributed by atoms with Gasteiger partial charge in [0, 0.05) is 59.6 Å². The van der Waals surface area contributed by atoms with Crippen LogP contribution in [0, 0.1) is 5.82 Å². The van der Waals surface area contributed by atoms with Gasteiger partial charge in [-0.1, -0.05) is 6.07 Å². The summed E-state index contributed by atoms with van der Waals surface area (Å²) in [7, 11) is -3.71. The standard InChI is InChI=1S/C23H25FN4O3S.ClH/c1-15(28-32(30,31)19-5-3-17-12-25-8-7-16(17)9-19)11-26-14-23(2,29)21-13-27-22-6-4-18(24)10-20(21)22;/h3-10,12-13,15,26-29H,11,14H2,1-2H3;1H/t15-,23?;/m1./s1. The minimum Gasteiger partial charge on any atom is -0.384 e. The average molecular weight is 493 g/mol. The predicted molar refractivity (Wildman–Crippen MR) is 129 cm³/mol. The molecule has 0 amide bonds. The van der Waals surface area contributed by atoms with Crippen molar-refractivity contribution in [1.29, 1.82) is 0 Å². The molecule has 176 valence electrons. The maximum Gasteiger partial charge on any atom is 0.240 e. The van der Waals surface area contributed by atoms with Crippen molar-refractivity contribution in [2.45, 2.75) is 30.4 Å². The molecule has 0 aliphatic rings. The Balaban J connectivity index is 0.00000306. The molecule has 0 saturated carbocycles. The normalized spacial score (nSPS) is 14.7. The molecule has 7 nitrogen and oxygen atoms in total. The molecule has 2 atom stereocenters. The highest BCUT2D eigenvalue weighted by molar-refractivity contribution is 7.89. The first-order valence-electron chi connectivity index (χ1n) is 10.2. The number of fused-ring (bicyclic) bond motifs is 2. The van der Waals surface area contributed by atoms with Crippen LogP contribution in [0.5, 0.6) is 0 Å². The van der Waals surface area contributed by atoms with Gasteiger partial charge in [-0.15, -0.1) is 12.4 Å². The van der Waals surface area contributed by atoms with Gasteiger partial charge >= 0.3 is 0 Å². The summed E-state index contributed by atoms with van der Waals surface area (Å²) in [5, 5.41) is 16.3. The van der Waals surface area contributed by atoms with Crippen molar-refractivity contribution < 1.29 is 17.9 Å². The first-order chi connectivity index (χ1) is 15.2. The van der Waals surface area contributed by atoms with Crippen molar-refractivity contribution in [3.63, 3.8) is 0 Å². The van der Waals surface area contributed by atoms with E-state index in [0.717, 1.165) is 16.3 Å². The zero-order chi connectivity index (χ0) is 22.9. The fraction of sp³-hybridized carbons (Fsp3) is 0.261. The number of pyridine rings is 1. The van der Waals surface area contributed by atoms with Crippen LogP contribution in [0.25, 0.3) is 21.7 Å². The summed E-state index contributed by atoms with van der Waals surface area (Å²) >= 11 is 0. The zero-order valence-electron chi connectivity index (χ0n) is 18.2. The van der Waals surface area contributed by atoms with Gasteiger partial charge in [0.25, 0.3) is 0 Å². The number of hydrogen-bond donors (Lipinski definition) is 4. The third-order valence-electron chi connectivity index (χ3n) is 5.42. The Morgan fingerprint density at radius 2 is 1.97 bits per heavy atom. The number of hydrogen-bond acceptors (Lipinski definition) is 5. The van der Waals surface area contributed by atoms with Crippen LogP contribution >= 0.6 is 12.4 Å². The first kappa shape index (κ1) is 25.1. The second-order valence-corrected chi connectivity index (χ2v) is 9.92. The van der Waals surface area contributed by atoms with Crippen molar-refractivity contribution in [2.75, 3.05) is 13.1 Å². The molecule has 4 rings (SSSR count). The molecule has 1 unspecified atom stereocenters. The smallest absolute Gasteiger partial charge is 0.240 e. The molecular weight excluding hydrogens is 467 g/mol. The van der Waals surface area contributed by atoms with E-state index < -0.39 is 21.7 Å². The third kappa shape index (κ3) is 5.51. The van der Waals surface area contributed by atoms with Gasteiger partial charge in [-0.3, -0.25) is 4.98 Å². The van der Waals surface area contributed by atoms with Crippen molar-refractivity contribution in [3.05, 3.63) is 72.4 Å². The second-order valence-electron chi connectivity index (χ2n) is 8.20. The topological polar surface area (TPSA) is 107 Å². The number of halogens is 2. The van der Waals surface area contributed by atoms with E-state index in [4.69, 9.17) is 0 Å². The number of nitrogens with zero attached hydrogens (tertiary/aromatic N) is 1. The summed E-state index contributed by atoms with van der Waals surface area (Å²) in [6.07, 6.45) is 4.96. The summed E-state index contributed by atoms with van der Waals surface area (Å²) in [6.45, 7) is 3.83. The van der Waals surface area contributed by atoms with Crippen LogP contribution in [0.15, 0.2) is 66.0 Å². The Morgan fingerprint density at radius 1 is 1.18 bits per heavy atom. The third-order valence-corrected chi connectivity index (χ3v) is 7.01. The number of rotatable bonds is 8. The Hall–Kier alpha value is -2.56. The minimum absolute atomic E-state index is 0. The Labute approximate surface area is 197 Å². The van der Waals surface area contributed by atoms with Crippen LogP contribution in [0.4, 0.5) is 4.39 Å². The molecule has 0 aliphatic heterocycles. The van der Waals surface area contributed by atoms with Gasteiger partial charge in [-0.05, 0) is 55.6 Å². The number of aliphatic hydroxyl groups is 1. The quantitative estimate of drug-likeness (QED) is 0.301. The molecule has 2 aromatic carbocycles. The highest BCUT2D eigenvalue weighted by Gasteiger charge is 2.27. The first-order valence-corrected chi connectivity index (χ1v) is 11.7. The van der Waals surface area contributed by atoms with Gasteiger partial charge < -0.3 is 15.4 Å². The second kappa shape index (κ2) is 9.74. The summed E-state index contributed by atoms with van der Waals surface area (Å²) in [4.78, 5) is 7.24. The fourth-order valence-electron chi connectivity index (χ4n) is 3.77. The van der Waals surface area contributed by atoms with Crippen LogP contribution < -0.4 is 10.0 Å². The molecule has 2 heterocycles. The Morgan fingerprint density at radius 3 is 2.76 bits per heavy atom. The summed E-state index contributed by atoms with van der Waals surface area (Å²) in [6, 6.07) is 10.6. The minimum atomic E-state index is -3.71. The van der Waals surface area contributed by atoms with Gasteiger partial charge in [-0.2, -0.15) is 0 Å². The van der Waals surface area contributed by atoms with Gasteiger partial charge in [0.1, 0.15) is 11.4 Å². The highest BCUT2D eigenvalue weighted by Crippen LogP contribution is 2.29. The number of aromatic nitrogens is 2. The number of nitrogens with one attached hydrogen (secondary N) is 3. The number of benzene rings is 2. The fourth-order valence-corrected chi connectivity index (χ4v) is 5.05. The Kier molecular flexibility index (Phi) is 7.40. The van der Waals surface area contributed by atoms with E-state index in [1.807, 2.05) is 0 Å². The summed E-state index contributed by atoms with van der Waals surface area (Å²) in [5.74, 6) is -0.380. The van der Waals surface area contributed by atoms with Crippen LogP contribution in [0.2, 0.25) is 0 Å². The van der Waals surface area contributed by atoms with Crippen LogP contribution in [0.1, 0.15) is 19.4 Å². The molecule has 0 spiro atoms. The monoisotopic (exact) mass is 492 g/mol. The predicted octanol–water partition coefficient (Wildman–Crippen LogP) is 3.44. The molecule has 4 N–H and O–H groups in total. The molecular formula is C23H26ClFN4O3S. The van der Waals surface area contributed by atoms with Gasteiger partial charge in [0.15, 0.2) is 0 Å². The number of sulfonamides is 1. The van der Waals surface area contributed by atoms with E-state index in [-0.39, 0.29) is 29.7 Å². The molecule has 0 radical (unpaired) electrons. The van der Waals surface area contributed by atoms with E-state index in [1.165, 1.54) is 12.1 Å². The maximum atomic E-state index is 13.6. The highest BCUT2D eigenvalue weighted by atomic mass is 35.5. The lowest BCUT2D eigenvalue weighted by Crippen LogP contribution is -2.44. The van der Waals surface area contributed by atoms with Crippen LogP contribution in [-0.4, -0.2) is 42.6 Å². The van der Waals surface area contributed by atoms with Crippen molar-refractivity contribution in [3.8, 4) is 0 Å². The van der Waals surface area contributed by atoms with Crippen molar-refractivity contribution in [2.24, 2.45) is 0 Å². The van der Waals surface area contributed by atoms with E-state index in [0.29, 0.717) is 17.5 Å². The average Bonchev–Trinajstić information content (AvgIpc) is 3.17. The zero-order valence-corrected chi connectivity index (χ0v) is 19.8. The molecule has 0 fully saturated rings.